The van der Waals surface area contributed by atoms with Gasteiger partial charge in [-0.1, -0.05) is 36.4 Å². The highest BCUT2D eigenvalue weighted by molar-refractivity contribution is 7.89. The van der Waals surface area contributed by atoms with Gasteiger partial charge in [-0.05, 0) is 24.1 Å². The van der Waals surface area contributed by atoms with Crippen LogP contribution in [0.4, 0.5) is 8.78 Å². The van der Waals surface area contributed by atoms with Crippen LogP contribution in [0.25, 0.3) is 0 Å². The fraction of sp³-hybridized carbons (Fsp3) is 0.381. The predicted octanol–water partition coefficient (Wildman–Crippen LogP) is 1.88. The minimum absolute atomic E-state index is 0.219. The molecular weight excluding hydrogens is 412 g/mol. The van der Waals surface area contributed by atoms with Gasteiger partial charge in [0.15, 0.2) is 0 Å². The van der Waals surface area contributed by atoms with E-state index in [2.05, 4.69) is 22.3 Å². The van der Waals surface area contributed by atoms with Gasteiger partial charge in [-0.15, -0.1) is 0 Å². The molecule has 1 N–H and O–H groups in total. The summed E-state index contributed by atoms with van der Waals surface area (Å²) in [6.07, 6.45) is 0.909. The van der Waals surface area contributed by atoms with Crippen molar-refractivity contribution in [1.29, 1.82) is 0 Å². The van der Waals surface area contributed by atoms with Crippen molar-refractivity contribution < 1.29 is 22.0 Å². The second-order valence-corrected chi connectivity index (χ2v) is 9.23. The van der Waals surface area contributed by atoms with Crippen molar-refractivity contribution in [3.8, 4) is 0 Å². The van der Waals surface area contributed by atoms with Gasteiger partial charge in [-0.25, -0.2) is 17.2 Å². The van der Waals surface area contributed by atoms with E-state index in [9.17, 15) is 22.0 Å². The van der Waals surface area contributed by atoms with E-state index in [1.807, 2.05) is 18.2 Å². The van der Waals surface area contributed by atoms with E-state index in [1.54, 1.807) is 0 Å². The van der Waals surface area contributed by atoms with E-state index >= 15 is 0 Å². The third kappa shape index (κ3) is 5.84. The molecule has 9 heteroatoms. The van der Waals surface area contributed by atoms with Gasteiger partial charge in [0.2, 0.25) is 10.0 Å². The first-order valence-corrected chi connectivity index (χ1v) is 11.4. The summed E-state index contributed by atoms with van der Waals surface area (Å²) < 4.78 is 53.7. The van der Waals surface area contributed by atoms with Gasteiger partial charge in [0.25, 0.3) is 5.91 Å². The maximum atomic E-state index is 13.6. The topological polar surface area (TPSA) is 69.7 Å². The van der Waals surface area contributed by atoms with Crippen molar-refractivity contribution in [2.24, 2.45) is 0 Å². The summed E-state index contributed by atoms with van der Waals surface area (Å²) in [5.41, 5.74) is 0.538. The summed E-state index contributed by atoms with van der Waals surface area (Å²) in [6, 6.07) is 13.2. The number of piperazine rings is 1. The second kappa shape index (κ2) is 10.1. The number of amides is 1. The van der Waals surface area contributed by atoms with Crippen LogP contribution in [0.1, 0.15) is 15.9 Å². The zero-order chi connectivity index (χ0) is 21.6. The van der Waals surface area contributed by atoms with Gasteiger partial charge in [-0.2, -0.15) is 4.31 Å². The molecule has 0 atom stereocenters. The van der Waals surface area contributed by atoms with E-state index in [0.717, 1.165) is 31.2 Å². The largest absolute Gasteiger partial charge is 0.351 e. The van der Waals surface area contributed by atoms with Gasteiger partial charge in [0.1, 0.15) is 17.2 Å². The Morgan fingerprint density at radius 3 is 2.20 bits per heavy atom. The van der Waals surface area contributed by atoms with Crippen molar-refractivity contribution in [3.63, 3.8) is 0 Å². The number of rotatable bonds is 8. The molecule has 1 amide bonds. The highest BCUT2D eigenvalue weighted by Gasteiger charge is 2.27. The molecule has 3 rings (SSSR count). The smallest absolute Gasteiger partial charge is 0.257 e. The molecular formula is C21H25F2N3O3S. The Hall–Kier alpha value is -2.36. The van der Waals surface area contributed by atoms with Crippen LogP contribution in [0, 0.1) is 11.6 Å². The molecule has 0 bridgehead atoms. The molecule has 0 aromatic heterocycles. The number of halogens is 2. The maximum absolute atomic E-state index is 13.6. The molecule has 2 aromatic rings. The van der Waals surface area contributed by atoms with Crippen LogP contribution < -0.4 is 5.32 Å². The van der Waals surface area contributed by atoms with Gasteiger partial charge in [-0.3, -0.25) is 4.79 Å². The zero-order valence-corrected chi connectivity index (χ0v) is 17.4. The van der Waals surface area contributed by atoms with Gasteiger partial charge >= 0.3 is 0 Å². The van der Waals surface area contributed by atoms with Crippen LogP contribution in [-0.2, 0) is 16.4 Å². The van der Waals surface area contributed by atoms with Gasteiger partial charge in [0.05, 0.1) is 5.75 Å². The van der Waals surface area contributed by atoms with Gasteiger partial charge in [0, 0.05) is 39.3 Å². The maximum Gasteiger partial charge on any atom is 0.257 e. The Balaban J connectivity index is 1.43. The third-order valence-corrected chi connectivity index (χ3v) is 6.99. The van der Waals surface area contributed by atoms with Crippen LogP contribution in [0.2, 0.25) is 0 Å². The van der Waals surface area contributed by atoms with E-state index in [0.29, 0.717) is 26.2 Å². The zero-order valence-electron chi connectivity index (χ0n) is 16.6. The van der Waals surface area contributed by atoms with Crippen molar-refractivity contribution in [2.45, 2.75) is 6.42 Å². The standard InChI is InChI=1S/C21H25F2N3O3S/c22-18-7-4-8-19(23)20(18)21(27)24-10-16-30(28,29)26-14-12-25(13-15-26)11-9-17-5-2-1-3-6-17/h1-8H,9-16H2,(H,24,27). The van der Waals surface area contributed by atoms with Crippen LogP contribution in [0.5, 0.6) is 0 Å². The van der Waals surface area contributed by atoms with Crippen molar-refractivity contribution in [2.75, 3.05) is 45.0 Å². The summed E-state index contributed by atoms with van der Waals surface area (Å²) in [7, 11) is -3.57. The number of hydrogen-bond donors (Lipinski definition) is 1. The molecule has 30 heavy (non-hydrogen) atoms. The molecule has 0 saturated carbocycles. The molecule has 1 aliphatic rings. The Morgan fingerprint density at radius 2 is 1.57 bits per heavy atom. The van der Waals surface area contributed by atoms with E-state index < -0.39 is 33.1 Å². The predicted molar refractivity (Wildman–Crippen MR) is 111 cm³/mol. The lowest BCUT2D eigenvalue weighted by atomic mass is 10.1. The first kappa shape index (κ1) is 22.3. The number of carbonyl (C=O) groups excluding carboxylic acids is 1. The minimum atomic E-state index is -3.57. The normalized spacial score (nSPS) is 15.8. The summed E-state index contributed by atoms with van der Waals surface area (Å²) in [5.74, 6) is -3.26. The van der Waals surface area contributed by atoms with Gasteiger partial charge < -0.3 is 10.2 Å². The fourth-order valence-corrected chi connectivity index (χ4v) is 4.73. The molecule has 0 spiro atoms. The van der Waals surface area contributed by atoms with Crippen molar-refractivity contribution in [3.05, 3.63) is 71.3 Å². The Kier molecular flexibility index (Phi) is 7.52. The molecule has 0 unspecified atom stereocenters. The average Bonchev–Trinajstić information content (AvgIpc) is 2.73. The number of benzene rings is 2. The lowest BCUT2D eigenvalue weighted by Gasteiger charge is -2.34. The first-order chi connectivity index (χ1) is 14.4. The SMILES string of the molecule is O=C(NCCS(=O)(=O)N1CCN(CCc2ccccc2)CC1)c1c(F)cccc1F. The average molecular weight is 438 g/mol. The molecule has 162 valence electrons. The molecule has 1 fully saturated rings. The Labute approximate surface area is 175 Å². The lowest BCUT2D eigenvalue weighted by Crippen LogP contribution is -2.50. The number of hydrogen-bond acceptors (Lipinski definition) is 4. The van der Waals surface area contributed by atoms with E-state index in [-0.39, 0.29) is 12.3 Å². The molecule has 1 saturated heterocycles. The number of nitrogens with zero attached hydrogens (tertiary/aromatic N) is 2. The van der Waals surface area contributed by atoms with Crippen molar-refractivity contribution >= 4 is 15.9 Å². The number of sulfonamides is 1. The number of nitrogens with one attached hydrogen (secondary N) is 1. The van der Waals surface area contributed by atoms with Crippen LogP contribution in [0.3, 0.4) is 0 Å². The van der Waals surface area contributed by atoms with Crippen LogP contribution >= 0.6 is 0 Å². The second-order valence-electron chi connectivity index (χ2n) is 7.14. The third-order valence-electron chi connectivity index (χ3n) is 5.12. The monoisotopic (exact) mass is 437 g/mol. The van der Waals surface area contributed by atoms with E-state index in [4.69, 9.17) is 0 Å². The van der Waals surface area contributed by atoms with Crippen molar-refractivity contribution in [1.82, 2.24) is 14.5 Å². The molecule has 2 aromatic carbocycles. The van der Waals surface area contributed by atoms with E-state index in [1.165, 1.54) is 9.87 Å². The Bertz CT molecular complexity index is 942. The number of carbonyl (C=O) groups is 1. The fourth-order valence-electron chi connectivity index (χ4n) is 3.39. The Morgan fingerprint density at radius 1 is 0.933 bits per heavy atom. The molecule has 1 heterocycles. The molecule has 0 radical (unpaired) electrons. The minimum Gasteiger partial charge on any atom is -0.351 e. The highest BCUT2D eigenvalue weighted by Crippen LogP contribution is 2.12. The summed E-state index contributed by atoms with van der Waals surface area (Å²) >= 11 is 0. The van der Waals surface area contributed by atoms with Crippen LogP contribution in [-0.4, -0.2) is 68.6 Å². The molecule has 0 aliphatic carbocycles. The van der Waals surface area contributed by atoms with Crippen LogP contribution in [0.15, 0.2) is 48.5 Å². The highest BCUT2D eigenvalue weighted by atomic mass is 32.2. The summed E-state index contributed by atoms with van der Waals surface area (Å²) in [6.45, 7) is 2.68. The molecule has 6 nitrogen and oxygen atoms in total. The summed E-state index contributed by atoms with van der Waals surface area (Å²) in [4.78, 5) is 14.2. The quantitative estimate of drug-likeness (QED) is 0.685. The lowest BCUT2D eigenvalue weighted by molar-refractivity contribution is 0.0947. The summed E-state index contributed by atoms with van der Waals surface area (Å²) in [5, 5.41) is 2.29. The molecule has 1 aliphatic heterocycles. The first-order valence-electron chi connectivity index (χ1n) is 9.83.